The molecule has 4 N–H and O–H groups in total. The first kappa shape index (κ1) is 13.7. The number of nitrogens with one attached hydrogen (secondary N) is 2. The molecule has 0 spiro atoms. The van der Waals surface area contributed by atoms with Gasteiger partial charge < -0.3 is 10.1 Å². The maximum Gasteiger partial charge on any atom is 0.239 e. The van der Waals surface area contributed by atoms with E-state index in [0.29, 0.717) is 11.9 Å². The van der Waals surface area contributed by atoms with Crippen molar-refractivity contribution in [1.29, 1.82) is 0 Å². The molecule has 1 rings (SSSR count). The van der Waals surface area contributed by atoms with Crippen LogP contribution in [0.3, 0.4) is 0 Å². The summed E-state index contributed by atoms with van der Waals surface area (Å²) in [5.74, 6) is 6.97. The van der Waals surface area contributed by atoms with Gasteiger partial charge in [-0.15, -0.1) is 0 Å². The van der Waals surface area contributed by atoms with E-state index in [1.807, 2.05) is 0 Å². The Hall–Kier alpha value is -1.40. The lowest BCUT2D eigenvalue weighted by Gasteiger charge is -2.08. The van der Waals surface area contributed by atoms with Crippen LogP contribution in [-0.4, -0.2) is 29.7 Å². The zero-order chi connectivity index (χ0) is 12.5. The Morgan fingerprint density at radius 1 is 1.47 bits per heavy atom. The minimum absolute atomic E-state index is 0.408. The molecule has 0 unspecified atom stereocenters. The van der Waals surface area contributed by atoms with Crippen molar-refractivity contribution >= 4 is 11.8 Å². The summed E-state index contributed by atoms with van der Waals surface area (Å²) < 4.78 is 5.47. The quantitative estimate of drug-likeness (QED) is 0.359. The standard InChI is InChI=1S/C11H21N5O/c1-9(2)8-17-7-3-5-13-10-4-6-14-11(15-10)16-12/h4,6,9H,3,5,7-8,12H2,1-2H3,(H2,13,14,15,16). The first-order chi connectivity index (χ1) is 8.22. The Kier molecular flexibility index (Phi) is 6.27. The Morgan fingerprint density at radius 3 is 3.00 bits per heavy atom. The highest BCUT2D eigenvalue weighted by molar-refractivity contribution is 5.38. The van der Waals surface area contributed by atoms with Crippen LogP contribution in [-0.2, 0) is 4.74 Å². The molecule has 0 aliphatic carbocycles. The lowest BCUT2D eigenvalue weighted by atomic mass is 10.2. The Morgan fingerprint density at radius 2 is 2.29 bits per heavy atom. The first-order valence-electron chi connectivity index (χ1n) is 5.83. The molecule has 1 aromatic heterocycles. The highest BCUT2D eigenvalue weighted by atomic mass is 16.5. The summed E-state index contributed by atoms with van der Waals surface area (Å²) in [4.78, 5) is 8.06. The van der Waals surface area contributed by atoms with Crippen LogP contribution in [0, 0.1) is 5.92 Å². The van der Waals surface area contributed by atoms with Crippen molar-refractivity contribution < 1.29 is 4.74 Å². The molecule has 17 heavy (non-hydrogen) atoms. The molecule has 0 saturated heterocycles. The zero-order valence-electron chi connectivity index (χ0n) is 10.4. The molecule has 6 nitrogen and oxygen atoms in total. The van der Waals surface area contributed by atoms with Gasteiger partial charge in [0.2, 0.25) is 5.95 Å². The molecule has 0 aliphatic heterocycles. The van der Waals surface area contributed by atoms with Crippen LogP contribution in [0.15, 0.2) is 12.3 Å². The van der Waals surface area contributed by atoms with Crippen LogP contribution in [0.2, 0.25) is 0 Å². The SMILES string of the molecule is CC(C)COCCCNc1ccnc(NN)n1. The predicted molar refractivity (Wildman–Crippen MR) is 68.6 cm³/mol. The number of rotatable bonds is 8. The van der Waals surface area contributed by atoms with Gasteiger partial charge >= 0.3 is 0 Å². The Balaban J connectivity index is 2.13. The van der Waals surface area contributed by atoms with E-state index in [4.69, 9.17) is 10.6 Å². The Bertz CT molecular complexity index is 318. The number of hydrogen-bond donors (Lipinski definition) is 3. The molecule has 0 saturated carbocycles. The van der Waals surface area contributed by atoms with Crippen LogP contribution in [0.4, 0.5) is 11.8 Å². The largest absolute Gasteiger partial charge is 0.381 e. The molecule has 0 atom stereocenters. The molecule has 1 aromatic rings. The summed E-state index contributed by atoms with van der Waals surface area (Å²) >= 11 is 0. The van der Waals surface area contributed by atoms with Crippen LogP contribution in [0.5, 0.6) is 0 Å². The normalized spacial score (nSPS) is 10.6. The smallest absolute Gasteiger partial charge is 0.239 e. The topological polar surface area (TPSA) is 85.1 Å². The second-order valence-electron chi connectivity index (χ2n) is 4.16. The van der Waals surface area contributed by atoms with Crippen molar-refractivity contribution in [2.24, 2.45) is 11.8 Å². The molecule has 0 bridgehead atoms. The van der Waals surface area contributed by atoms with Crippen molar-refractivity contribution in [2.75, 3.05) is 30.5 Å². The van der Waals surface area contributed by atoms with E-state index in [2.05, 4.69) is 34.6 Å². The first-order valence-corrected chi connectivity index (χ1v) is 5.83. The average Bonchev–Trinajstić information content (AvgIpc) is 2.33. The average molecular weight is 239 g/mol. The monoisotopic (exact) mass is 239 g/mol. The van der Waals surface area contributed by atoms with Crippen molar-refractivity contribution in [3.05, 3.63) is 12.3 Å². The van der Waals surface area contributed by atoms with Crippen LogP contribution in [0.25, 0.3) is 0 Å². The molecule has 0 aromatic carbocycles. The third-order valence-electron chi connectivity index (χ3n) is 2.01. The number of hydrazine groups is 1. The fourth-order valence-corrected chi connectivity index (χ4v) is 1.24. The van der Waals surface area contributed by atoms with E-state index in [0.717, 1.165) is 32.0 Å². The number of ether oxygens (including phenoxy) is 1. The highest BCUT2D eigenvalue weighted by Gasteiger charge is 1.97. The highest BCUT2D eigenvalue weighted by Crippen LogP contribution is 2.04. The molecular formula is C11H21N5O. The third-order valence-corrected chi connectivity index (χ3v) is 2.01. The lowest BCUT2D eigenvalue weighted by molar-refractivity contribution is 0.110. The van der Waals surface area contributed by atoms with E-state index in [1.54, 1.807) is 12.3 Å². The van der Waals surface area contributed by atoms with E-state index >= 15 is 0 Å². The third kappa shape index (κ3) is 6.03. The molecule has 96 valence electrons. The van der Waals surface area contributed by atoms with E-state index in [1.165, 1.54) is 0 Å². The summed E-state index contributed by atoms with van der Waals surface area (Å²) in [6.45, 7) is 6.67. The second-order valence-corrected chi connectivity index (χ2v) is 4.16. The van der Waals surface area contributed by atoms with Gasteiger partial charge in [0.1, 0.15) is 5.82 Å². The Labute approximate surface area is 102 Å². The van der Waals surface area contributed by atoms with E-state index < -0.39 is 0 Å². The number of nitrogens with zero attached hydrogens (tertiary/aromatic N) is 2. The maximum atomic E-state index is 5.47. The van der Waals surface area contributed by atoms with Crippen LogP contribution >= 0.6 is 0 Å². The fourth-order valence-electron chi connectivity index (χ4n) is 1.24. The number of hydrogen-bond acceptors (Lipinski definition) is 6. The van der Waals surface area contributed by atoms with Crippen molar-refractivity contribution in [2.45, 2.75) is 20.3 Å². The summed E-state index contributed by atoms with van der Waals surface area (Å²) in [7, 11) is 0. The van der Waals surface area contributed by atoms with Gasteiger partial charge in [0, 0.05) is 26.0 Å². The molecule has 0 fully saturated rings. The molecule has 0 radical (unpaired) electrons. The number of nitrogen functional groups attached to an aromatic ring is 1. The summed E-state index contributed by atoms with van der Waals surface area (Å²) in [6, 6.07) is 1.80. The van der Waals surface area contributed by atoms with Gasteiger partial charge in [-0.1, -0.05) is 13.8 Å². The van der Waals surface area contributed by atoms with Gasteiger partial charge in [0.25, 0.3) is 0 Å². The van der Waals surface area contributed by atoms with Crippen LogP contribution in [0.1, 0.15) is 20.3 Å². The van der Waals surface area contributed by atoms with Gasteiger partial charge in [-0.05, 0) is 18.4 Å². The summed E-state index contributed by atoms with van der Waals surface area (Å²) in [5, 5.41) is 3.18. The van der Waals surface area contributed by atoms with Crippen molar-refractivity contribution in [3.63, 3.8) is 0 Å². The molecular weight excluding hydrogens is 218 g/mol. The number of nitrogens with two attached hydrogens (primary N) is 1. The molecule has 6 heteroatoms. The van der Waals surface area contributed by atoms with Crippen molar-refractivity contribution in [1.82, 2.24) is 9.97 Å². The number of anilines is 2. The van der Waals surface area contributed by atoms with Gasteiger partial charge in [-0.2, -0.15) is 4.98 Å². The second kappa shape index (κ2) is 7.81. The molecule has 0 aliphatic rings. The van der Waals surface area contributed by atoms with Crippen LogP contribution < -0.4 is 16.6 Å². The molecule has 0 amide bonds. The lowest BCUT2D eigenvalue weighted by Crippen LogP contribution is -2.13. The fraction of sp³-hybridized carbons (Fsp3) is 0.636. The van der Waals surface area contributed by atoms with Gasteiger partial charge in [0.05, 0.1) is 0 Å². The minimum atomic E-state index is 0.408. The summed E-state index contributed by atoms with van der Waals surface area (Å²) in [6.07, 6.45) is 2.60. The van der Waals surface area contributed by atoms with Gasteiger partial charge in [-0.3, -0.25) is 5.43 Å². The maximum absolute atomic E-state index is 5.47. The van der Waals surface area contributed by atoms with Crippen molar-refractivity contribution in [3.8, 4) is 0 Å². The van der Waals surface area contributed by atoms with Gasteiger partial charge in [0.15, 0.2) is 0 Å². The van der Waals surface area contributed by atoms with E-state index in [-0.39, 0.29) is 0 Å². The van der Waals surface area contributed by atoms with E-state index in [9.17, 15) is 0 Å². The minimum Gasteiger partial charge on any atom is -0.381 e. The van der Waals surface area contributed by atoms with Gasteiger partial charge in [-0.25, -0.2) is 10.8 Å². The predicted octanol–water partition coefficient (Wildman–Crippen LogP) is 1.24. The molecule has 1 heterocycles. The number of aromatic nitrogens is 2. The summed E-state index contributed by atoms with van der Waals surface area (Å²) in [5.41, 5.74) is 2.40. The zero-order valence-corrected chi connectivity index (χ0v) is 10.4.